The maximum atomic E-state index is 12.8. The maximum Gasteiger partial charge on any atom is 0.416 e. The molecule has 2 heterocycles. The Labute approximate surface area is 108 Å². The molecule has 0 amide bonds. The van der Waals surface area contributed by atoms with Crippen molar-refractivity contribution in [1.82, 2.24) is 10.3 Å². The predicted octanol–water partition coefficient (Wildman–Crippen LogP) is 2.28. The van der Waals surface area contributed by atoms with Crippen LogP contribution in [0, 0.1) is 0 Å². The summed E-state index contributed by atoms with van der Waals surface area (Å²) in [6, 6.07) is 0.643. The molecule has 3 nitrogen and oxygen atoms in total. The van der Waals surface area contributed by atoms with Gasteiger partial charge in [-0.25, -0.2) is 0 Å². The molecule has 18 heavy (non-hydrogen) atoms. The quantitative estimate of drug-likeness (QED) is 0.830. The van der Waals surface area contributed by atoms with Crippen LogP contribution in [0.4, 0.5) is 13.2 Å². The van der Waals surface area contributed by atoms with Gasteiger partial charge in [-0.1, -0.05) is 0 Å². The summed E-state index contributed by atoms with van der Waals surface area (Å²) in [5.74, 6) is -0.183. The van der Waals surface area contributed by atoms with Crippen LogP contribution >= 0.6 is 12.4 Å². The second kappa shape index (κ2) is 5.75. The number of piperidine rings is 1. The van der Waals surface area contributed by atoms with Gasteiger partial charge in [-0.3, -0.25) is 4.79 Å². The summed E-state index contributed by atoms with van der Waals surface area (Å²) in [5, 5.41) is 3.07. The Kier molecular flexibility index (Phi) is 4.81. The van der Waals surface area contributed by atoms with E-state index in [1.54, 1.807) is 0 Å². The van der Waals surface area contributed by atoms with Crippen molar-refractivity contribution in [2.24, 2.45) is 0 Å². The van der Waals surface area contributed by atoms with Gasteiger partial charge >= 0.3 is 6.18 Å². The van der Waals surface area contributed by atoms with Gasteiger partial charge in [-0.15, -0.1) is 12.4 Å². The van der Waals surface area contributed by atoms with Crippen LogP contribution in [0.25, 0.3) is 0 Å². The highest BCUT2D eigenvalue weighted by Crippen LogP contribution is 2.35. The second-order valence-electron chi connectivity index (χ2n) is 4.21. The van der Waals surface area contributed by atoms with E-state index in [9.17, 15) is 18.0 Å². The number of alkyl halides is 3. The van der Waals surface area contributed by atoms with Crippen molar-refractivity contribution >= 4 is 12.4 Å². The highest BCUT2D eigenvalue weighted by Gasteiger charge is 2.36. The number of aromatic amines is 1. The Morgan fingerprint density at radius 2 is 2.06 bits per heavy atom. The number of aromatic nitrogens is 1. The van der Waals surface area contributed by atoms with Gasteiger partial charge in [0, 0.05) is 18.8 Å². The average molecular weight is 283 g/mol. The third kappa shape index (κ3) is 3.26. The molecule has 0 saturated carbocycles. The van der Waals surface area contributed by atoms with Crippen LogP contribution in [0.5, 0.6) is 0 Å². The first-order chi connectivity index (χ1) is 7.98. The van der Waals surface area contributed by atoms with Crippen LogP contribution in [0.1, 0.15) is 29.9 Å². The molecule has 0 radical (unpaired) electrons. The summed E-state index contributed by atoms with van der Waals surface area (Å²) in [4.78, 5) is 13.3. The molecule has 0 bridgehead atoms. The average Bonchev–Trinajstić information content (AvgIpc) is 2.29. The number of hydrogen-bond acceptors (Lipinski definition) is 2. The summed E-state index contributed by atoms with van der Waals surface area (Å²) in [7, 11) is 0. The molecular weight excluding hydrogens is 269 g/mol. The van der Waals surface area contributed by atoms with Crippen molar-refractivity contribution in [3.05, 3.63) is 33.7 Å². The van der Waals surface area contributed by atoms with E-state index in [4.69, 9.17) is 0 Å². The molecule has 1 aromatic heterocycles. The van der Waals surface area contributed by atoms with Gasteiger partial charge in [0.1, 0.15) is 0 Å². The van der Waals surface area contributed by atoms with Crippen LogP contribution in [-0.4, -0.2) is 18.1 Å². The number of hydrogen-bond donors (Lipinski definition) is 2. The Bertz CT molecular complexity index is 452. The molecule has 0 spiro atoms. The van der Waals surface area contributed by atoms with Gasteiger partial charge in [0.25, 0.3) is 0 Å². The van der Waals surface area contributed by atoms with Crippen molar-refractivity contribution in [2.75, 3.05) is 13.1 Å². The lowest BCUT2D eigenvalue weighted by Gasteiger charge is -2.25. The third-order valence-corrected chi connectivity index (χ3v) is 3.00. The zero-order valence-electron chi connectivity index (χ0n) is 9.51. The summed E-state index contributed by atoms with van der Waals surface area (Å²) in [5.41, 5.74) is -1.34. The minimum Gasteiger partial charge on any atom is -0.329 e. The van der Waals surface area contributed by atoms with Gasteiger partial charge < -0.3 is 10.3 Å². The lowest BCUT2D eigenvalue weighted by Crippen LogP contribution is -2.30. The zero-order chi connectivity index (χ0) is 12.5. The molecule has 1 fully saturated rings. The van der Waals surface area contributed by atoms with E-state index in [0.29, 0.717) is 19.0 Å². The van der Waals surface area contributed by atoms with E-state index in [0.717, 1.165) is 13.0 Å². The first-order valence-corrected chi connectivity index (χ1v) is 5.49. The SMILES string of the molecule is Cl.O=c1cc(C(F)(F)F)c(C2CCCNC2)c[nH]1. The number of halogens is 4. The second-order valence-corrected chi connectivity index (χ2v) is 4.21. The highest BCUT2D eigenvalue weighted by atomic mass is 35.5. The number of H-pyrrole nitrogens is 1. The number of pyridine rings is 1. The summed E-state index contributed by atoms with van der Waals surface area (Å²) >= 11 is 0. The molecule has 1 aliphatic heterocycles. The Balaban J connectivity index is 0.00000162. The smallest absolute Gasteiger partial charge is 0.329 e. The summed E-state index contributed by atoms with van der Waals surface area (Å²) in [6.45, 7) is 1.36. The Hall–Kier alpha value is -1.01. The largest absolute Gasteiger partial charge is 0.416 e. The Morgan fingerprint density at radius 1 is 1.33 bits per heavy atom. The molecule has 102 valence electrons. The standard InChI is InChI=1S/C11H13F3N2O.ClH/c12-11(13,14)9-4-10(17)16-6-8(9)7-2-1-3-15-5-7;/h4,6-7,15H,1-3,5H2,(H,16,17);1H. The van der Waals surface area contributed by atoms with E-state index >= 15 is 0 Å². The molecule has 1 aromatic rings. The predicted molar refractivity (Wildman–Crippen MR) is 64.2 cm³/mol. The number of rotatable bonds is 1. The lowest BCUT2D eigenvalue weighted by atomic mass is 9.89. The summed E-state index contributed by atoms with van der Waals surface area (Å²) in [6.07, 6.45) is -1.72. The normalized spacial score (nSPS) is 20.3. The molecular formula is C11H14ClF3N2O. The fourth-order valence-electron chi connectivity index (χ4n) is 2.18. The summed E-state index contributed by atoms with van der Waals surface area (Å²) < 4.78 is 38.4. The van der Waals surface area contributed by atoms with Crippen LogP contribution in [-0.2, 0) is 6.18 Å². The first kappa shape index (κ1) is 15.0. The zero-order valence-corrected chi connectivity index (χ0v) is 10.3. The van der Waals surface area contributed by atoms with E-state index in [2.05, 4.69) is 10.3 Å². The van der Waals surface area contributed by atoms with Crippen LogP contribution in [0.2, 0.25) is 0 Å². The fraction of sp³-hybridized carbons (Fsp3) is 0.545. The minimum absolute atomic E-state index is 0. The van der Waals surface area contributed by atoms with E-state index in [1.807, 2.05) is 0 Å². The molecule has 1 aliphatic rings. The van der Waals surface area contributed by atoms with Crippen LogP contribution in [0.3, 0.4) is 0 Å². The molecule has 0 aliphatic carbocycles. The molecule has 2 rings (SSSR count). The van der Waals surface area contributed by atoms with E-state index < -0.39 is 17.3 Å². The minimum atomic E-state index is -4.47. The van der Waals surface area contributed by atoms with Crippen molar-refractivity contribution < 1.29 is 13.2 Å². The number of nitrogens with one attached hydrogen (secondary N) is 2. The van der Waals surface area contributed by atoms with Gasteiger partial charge in [-0.2, -0.15) is 13.2 Å². The van der Waals surface area contributed by atoms with Gasteiger partial charge in [0.05, 0.1) is 5.56 Å². The van der Waals surface area contributed by atoms with Crippen LogP contribution < -0.4 is 10.9 Å². The van der Waals surface area contributed by atoms with Crippen molar-refractivity contribution in [2.45, 2.75) is 24.9 Å². The van der Waals surface area contributed by atoms with Gasteiger partial charge in [0.2, 0.25) is 5.56 Å². The topological polar surface area (TPSA) is 44.9 Å². The molecule has 0 aromatic carbocycles. The van der Waals surface area contributed by atoms with E-state index in [1.165, 1.54) is 6.20 Å². The van der Waals surface area contributed by atoms with E-state index in [-0.39, 0.29) is 23.9 Å². The first-order valence-electron chi connectivity index (χ1n) is 5.49. The maximum absolute atomic E-state index is 12.8. The van der Waals surface area contributed by atoms with Gasteiger partial charge in [0.15, 0.2) is 0 Å². The molecule has 2 N–H and O–H groups in total. The highest BCUT2D eigenvalue weighted by molar-refractivity contribution is 5.85. The Morgan fingerprint density at radius 3 is 2.61 bits per heavy atom. The molecule has 1 unspecified atom stereocenters. The molecule has 1 saturated heterocycles. The van der Waals surface area contributed by atoms with Crippen LogP contribution in [0.15, 0.2) is 17.1 Å². The molecule has 1 atom stereocenters. The van der Waals surface area contributed by atoms with Crippen molar-refractivity contribution in [3.63, 3.8) is 0 Å². The van der Waals surface area contributed by atoms with Gasteiger partial charge in [-0.05, 0) is 30.9 Å². The van der Waals surface area contributed by atoms with Crippen molar-refractivity contribution in [1.29, 1.82) is 0 Å². The third-order valence-electron chi connectivity index (χ3n) is 3.00. The fourth-order valence-corrected chi connectivity index (χ4v) is 2.18. The monoisotopic (exact) mass is 282 g/mol. The van der Waals surface area contributed by atoms with Crippen molar-refractivity contribution in [3.8, 4) is 0 Å². The molecule has 7 heteroatoms. The lowest BCUT2D eigenvalue weighted by molar-refractivity contribution is -0.138.